The molecule has 27 heavy (non-hydrogen) atoms. The molecule has 1 aromatic carbocycles. The van der Waals surface area contributed by atoms with E-state index in [2.05, 4.69) is 0 Å². The number of benzene rings is 1. The highest BCUT2D eigenvalue weighted by molar-refractivity contribution is 7.89. The fraction of sp³-hybridized carbons (Fsp3) is 0.579. The Bertz CT molecular complexity index is 796. The van der Waals surface area contributed by atoms with Gasteiger partial charge in [-0.15, -0.1) is 0 Å². The maximum Gasteiger partial charge on any atom is 0.339 e. The first-order valence-corrected chi connectivity index (χ1v) is 10.8. The largest absolute Gasteiger partial charge is 0.449 e. The van der Waals surface area contributed by atoms with Crippen LogP contribution in [0.5, 0.6) is 0 Å². The van der Waals surface area contributed by atoms with Gasteiger partial charge in [0.15, 0.2) is 6.10 Å². The molecule has 1 aromatic rings. The van der Waals surface area contributed by atoms with E-state index >= 15 is 0 Å². The van der Waals surface area contributed by atoms with Crippen molar-refractivity contribution < 1.29 is 22.7 Å². The summed E-state index contributed by atoms with van der Waals surface area (Å²) in [5.41, 5.74) is 0.753. The van der Waals surface area contributed by atoms with Crippen LogP contribution in [0, 0.1) is 6.92 Å². The second-order valence-electron chi connectivity index (χ2n) is 6.65. The summed E-state index contributed by atoms with van der Waals surface area (Å²) in [6, 6.07) is 4.40. The molecule has 1 saturated heterocycles. The third kappa shape index (κ3) is 4.68. The van der Waals surface area contributed by atoms with Crippen molar-refractivity contribution in [2.24, 2.45) is 0 Å². The number of sulfonamides is 1. The topological polar surface area (TPSA) is 84.0 Å². The van der Waals surface area contributed by atoms with E-state index in [1.54, 1.807) is 38.7 Å². The van der Waals surface area contributed by atoms with Crippen molar-refractivity contribution in [3.05, 3.63) is 29.3 Å². The van der Waals surface area contributed by atoms with Gasteiger partial charge in [-0.2, -0.15) is 4.31 Å². The molecule has 2 rings (SSSR count). The summed E-state index contributed by atoms with van der Waals surface area (Å²) in [7, 11) is -3.68. The van der Waals surface area contributed by atoms with E-state index in [1.165, 1.54) is 16.4 Å². The maximum atomic E-state index is 12.7. The number of aryl methyl sites for hydroxylation is 1. The number of esters is 1. The highest BCUT2D eigenvalue weighted by atomic mass is 32.2. The Morgan fingerprint density at radius 2 is 1.78 bits per heavy atom. The lowest BCUT2D eigenvalue weighted by molar-refractivity contribution is -0.138. The number of amides is 1. The van der Waals surface area contributed by atoms with E-state index in [0.717, 1.165) is 12.8 Å². The zero-order valence-corrected chi connectivity index (χ0v) is 17.2. The fourth-order valence-corrected chi connectivity index (χ4v) is 4.65. The Labute approximate surface area is 161 Å². The Balaban J connectivity index is 2.22. The van der Waals surface area contributed by atoms with Crippen molar-refractivity contribution in [3.8, 4) is 0 Å². The quantitative estimate of drug-likeness (QED) is 0.660. The summed E-state index contributed by atoms with van der Waals surface area (Å²) in [6.45, 7) is 8.81. The maximum absolute atomic E-state index is 12.7. The van der Waals surface area contributed by atoms with Gasteiger partial charge in [0.2, 0.25) is 10.0 Å². The zero-order valence-electron chi connectivity index (χ0n) is 16.4. The van der Waals surface area contributed by atoms with Crippen LogP contribution in [0.15, 0.2) is 23.1 Å². The lowest BCUT2D eigenvalue weighted by atomic mass is 10.1. The Morgan fingerprint density at radius 3 is 2.33 bits per heavy atom. The zero-order chi connectivity index (χ0) is 20.2. The Kier molecular flexibility index (Phi) is 7.00. The number of hydrogen-bond donors (Lipinski definition) is 0. The minimum Gasteiger partial charge on any atom is -0.449 e. The minimum absolute atomic E-state index is 0.0438. The molecule has 0 aliphatic carbocycles. The van der Waals surface area contributed by atoms with Gasteiger partial charge >= 0.3 is 5.97 Å². The fourth-order valence-electron chi connectivity index (χ4n) is 3.16. The van der Waals surface area contributed by atoms with Crippen LogP contribution in [0.25, 0.3) is 0 Å². The van der Waals surface area contributed by atoms with Gasteiger partial charge in [-0.05, 0) is 44.4 Å². The third-order valence-electron chi connectivity index (χ3n) is 4.82. The number of hydrogen-bond acceptors (Lipinski definition) is 5. The van der Waals surface area contributed by atoms with Gasteiger partial charge in [0, 0.05) is 26.2 Å². The van der Waals surface area contributed by atoms with E-state index in [9.17, 15) is 18.0 Å². The molecule has 0 unspecified atom stereocenters. The predicted molar refractivity (Wildman–Crippen MR) is 102 cm³/mol. The number of rotatable bonds is 7. The Morgan fingerprint density at radius 1 is 1.19 bits per heavy atom. The van der Waals surface area contributed by atoms with E-state index < -0.39 is 22.1 Å². The van der Waals surface area contributed by atoms with Crippen molar-refractivity contribution in [2.75, 3.05) is 26.2 Å². The van der Waals surface area contributed by atoms with Gasteiger partial charge in [-0.1, -0.05) is 19.9 Å². The number of nitrogens with zero attached hydrogens (tertiary/aromatic N) is 2. The van der Waals surface area contributed by atoms with Crippen LogP contribution in [0.1, 0.15) is 49.5 Å². The molecule has 1 heterocycles. The van der Waals surface area contributed by atoms with Crippen LogP contribution >= 0.6 is 0 Å². The first-order valence-electron chi connectivity index (χ1n) is 9.32. The van der Waals surface area contributed by atoms with Crippen LogP contribution in [0.2, 0.25) is 0 Å². The summed E-state index contributed by atoms with van der Waals surface area (Å²) in [4.78, 5) is 26.6. The van der Waals surface area contributed by atoms with Crippen molar-refractivity contribution >= 4 is 21.9 Å². The monoisotopic (exact) mass is 396 g/mol. The number of carbonyl (C=O) groups is 2. The molecule has 1 amide bonds. The molecular formula is C19H28N2O5S. The van der Waals surface area contributed by atoms with E-state index in [-0.39, 0.29) is 16.4 Å². The number of likely N-dealkylation sites (tertiary alicyclic amines) is 1. The second-order valence-corrected chi connectivity index (χ2v) is 8.58. The summed E-state index contributed by atoms with van der Waals surface area (Å²) in [6.07, 6.45) is 1.01. The molecule has 0 saturated carbocycles. The average Bonchev–Trinajstić information content (AvgIpc) is 3.16. The predicted octanol–water partition coefficient (Wildman–Crippen LogP) is 2.19. The first-order chi connectivity index (χ1) is 12.7. The van der Waals surface area contributed by atoms with Crippen molar-refractivity contribution in [2.45, 2.75) is 51.5 Å². The first kappa shape index (κ1) is 21.4. The number of carbonyl (C=O) groups excluding carboxylic acids is 2. The summed E-state index contributed by atoms with van der Waals surface area (Å²) >= 11 is 0. The van der Waals surface area contributed by atoms with Crippen LogP contribution in [-0.2, 0) is 19.6 Å². The average molecular weight is 397 g/mol. The molecule has 0 N–H and O–H groups in total. The molecule has 0 radical (unpaired) electrons. The smallest absolute Gasteiger partial charge is 0.339 e. The molecule has 1 fully saturated rings. The SMILES string of the molecule is CCN(CC)S(=O)(=O)c1ccc(C)c(C(=O)O[C@@H](C)C(=O)N2CCCC2)c1. The second kappa shape index (κ2) is 8.84. The minimum atomic E-state index is -3.68. The molecule has 0 bridgehead atoms. The van der Waals surface area contributed by atoms with Gasteiger partial charge in [-0.3, -0.25) is 4.79 Å². The molecule has 0 aromatic heterocycles. The summed E-state index contributed by atoms with van der Waals surface area (Å²) in [5.74, 6) is -0.908. The molecule has 0 spiro atoms. The van der Waals surface area contributed by atoms with Crippen LogP contribution in [0.3, 0.4) is 0 Å². The van der Waals surface area contributed by atoms with Crippen LogP contribution in [0.4, 0.5) is 0 Å². The van der Waals surface area contributed by atoms with Gasteiger partial charge in [-0.25, -0.2) is 13.2 Å². The highest BCUT2D eigenvalue weighted by Crippen LogP contribution is 2.21. The third-order valence-corrected chi connectivity index (χ3v) is 6.87. The molecule has 1 atom stereocenters. The van der Waals surface area contributed by atoms with Crippen molar-refractivity contribution in [1.29, 1.82) is 0 Å². The lowest BCUT2D eigenvalue weighted by Gasteiger charge is -2.21. The standard InChI is InChI=1S/C19H28N2O5S/c1-5-21(6-2)27(24,25)16-10-9-14(3)17(13-16)19(23)26-15(4)18(22)20-11-7-8-12-20/h9-10,13,15H,5-8,11-12H2,1-4H3/t15-/m0/s1. The molecule has 1 aliphatic heterocycles. The molecule has 7 nitrogen and oxygen atoms in total. The Hall–Kier alpha value is -1.93. The van der Waals surface area contributed by atoms with Gasteiger partial charge in [0.05, 0.1) is 10.5 Å². The summed E-state index contributed by atoms with van der Waals surface area (Å²) in [5, 5.41) is 0. The molecular weight excluding hydrogens is 368 g/mol. The van der Waals surface area contributed by atoms with Gasteiger partial charge in [0.1, 0.15) is 0 Å². The summed E-state index contributed by atoms with van der Waals surface area (Å²) < 4.78 is 32.1. The molecule has 8 heteroatoms. The van der Waals surface area contributed by atoms with Crippen molar-refractivity contribution in [1.82, 2.24) is 9.21 Å². The lowest BCUT2D eigenvalue weighted by Crippen LogP contribution is -2.38. The molecule has 150 valence electrons. The van der Waals surface area contributed by atoms with E-state index in [0.29, 0.717) is 31.7 Å². The van der Waals surface area contributed by atoms with Crippen molar-refractivity contribution in [3.63, 3.8) is 0 Å². The molecule has 1 aliphatic rings. The number of ether oxygens (including phenoxy) is 1. The normalized spacial score (nSPS) is 15.8. The van der Waals surface area contributed by atoms with E-state index in [4.69, 9.17) is 4.74 Å². The van der Waals surface area contributed by atoms with Gasteiger partial charge < -0.3 is 9.64 Å². The van der Waals surface area contributed by atoms with Gasteiger partial charge in [0.25, 0.3) is 5.91 Å². The highest BCUT2D eigenvalue weighted by Gasteiger charge is 2.28. The van der Waals surface area contributed by atoms with E-state index in [1.807, 2.05) is 0 Å². The van der Waals surface area contributed by atoms with Crippen LogP contribution in [-0.4, -0.2) is 61.8 Å². The van der Waals surface area contributed by atoms with Crippen LogP contribution < -0.4 is 0 Å².